The number of aryl methyl sites for hydroxylation is 1. The molecule has 1 aliphatic rings. The number of carbonyl (C=O) groups is 2. The minimum absolute atomic E-state index is 0.0169. The van der Waals surface area contributed by atoms with Crippen LogP contribution in [0.25, 0.3) is 0 Å². The number of amides is 2. The Morgan fingerprint density at radius 2 is 1.64 bits per heavy atom. The van der Waals surface area contributed by atoms with Crippen LogP contribution >= 0.6 is 11.6 Å². The van der Waals surface area contributed by atoms with Gasteiger partial charge in [0.15, 0.2) is 0 Å². The number of nitrogens with zero attached hydrogens (tertiary/aromatic N) is 1. The molecule has 2 amide bonds. The highest BCUT2D eigenvalue weighted by molar-refractivity contribution is 7.89. The summed E-state index contributed by atoms with van der Waals surface area (Å²) in [6, 6.07) is 18.6. The van der Waals surface area contributed by atoms with Crippen LogP contribution in [0.4, 0.5) is 4.39 Å². The first-order chi connectivity index (χ1) is 18.6. The minimum Gasteiger partial charge on any atom is -0.350 e. The Bertz CT molecular complexity index is 1410. The van der Waals surface area contributed by atoms with Gasteiger partial charge in [-0.15, -0.1) is 0 Å². The van der Waals surface area contributed by atoms with Gasteiger partial charge in [0.2, 0.25) is 21.8 Å². The number of hydrogen-bond acceptors (Lipinski definition) is 4. The molecule has 1 fully saturated rings. The first-order valence-electron chi connectivity index (χ1n) is 12.8. The van der Waals surface area contributed by atoms with Gasteiger partial charge in [0, 0.05) is 30.6 Å². The largest absolute Gasteiger partial charge is 0.350 e. The second kappa shape index (κ2) is 12.7. The van der Waals surface area contributed by atoms with E-state index in [4.69, 9.17) is 11.6 Å². The third-order valence-electron chi connectivity index (χ3n) is 6.60. The predicted octanol–water partition coefficient (Wildman–Crippen LogP) is 4.59. The molecule has 1 saturated carbocycles. The van der Waals surface area contributed by atoms with Crippen LogP contribution in [0.5, 0.6) is 0 Å². The molecule has 3 aromatic rings. The van der Waals surface area contributed by atoms with E-state index in [1.807, 2.05) is 12.1 Å². The summed E-state index contributed by atoms with van der Waals surface area (Å²) in [4.78, 5) is 28.0. The second-order valence-electron chi connectivity index (χ2n) is 9.67. The normalized spacial score (nSPS) is 14.0. The van der Waals surface area contributed by atoms with E-state index >= 15 is 0 Å². The van der Waals surface area contributed by atoms with Crippen molar-refractivity contribution in [3.63, 3.8) is 0 Å². The topological polar surface area (TPSA) is 95.6 Å². The molecule has 206 valence electrons. The second-order valence-corrected chi connectivity index (χ2v) is 11.8. The quantitative estimate of drug-likeness (QED) is 0.332. The first-order valence-corrected chi connectivity index (χ1v) is 14.6. The van der Waals surface area contributed by atoms with Gasteiger partial charge < -0.3 is 10.2 Å². The van der Waals surface area contributed by atoms with Gasteiger partial charge >= 0.3 is 0 Å². The zero-order chi connectivity index (χ0) is 28.0. The van der Waals surface area contributed by atoms with Crippen LogP contribution in [-0.4, -0.2) is 37.2 Å². The van der Waals surface area contributed by atoms with Gasteiger partial charge in [-0.3, -0.25) is 9.59 Å². The molecule has 7 nitrogen and oxygen atoms in total. The van der Waals surface area contributed by atoms with Gasteiger partial charge in [0.05, 0.1) is 4.90 Å². The Morgan fingerprint density at radius 1 is 1.00 bits per heavy atom. The minimum atomic E-state index is -3.55. The maximum atomic E-state index is 13.4. The van der Waals surface area contributed by atoms with E-state index in [0.717, 1.165) is 24.0 Å². The van der Waals surface area contributed by atoms with Crippen molar-refractivity contribution in [1.82, 2.24) is 14.9 Å². The van der Waals surface area contributed by atoms with Crippen LogP contribution < -0.4 is 10.0 Å². The summed E-state index contributed by atoms with van der Waals surface area (Å²) in [6.45, 7) is 1.99. The number of nitrogens with one attached hydrogen (secondary N) is 2. The summed E-state index contributed by atoms with van der Waals surface area (Å²) < 4.78 is 40.9. The number of sulfonamides is 1. The van der Waals surface area contributed by atoms with E-state index in [2.05, 4.69) is 10.0 Å². The average Bonchev–Trinajstić information content (AvgIpc) is 3.74. The summed E-state index contributed by atoms with van der Waals surface area (Å²) >= 11 is 6.20. The van der Waals surface area contributed by atoms with Gasteiger partial charge in [-0.1, -0.05) is 54.1 Å². The van der Waals surface area contributed by atoms with Gasteiger partial charge in [-0.05, 0) is 73.2 Å². The van der Waals surface area contributed by atoms with Gasteiger partial charge in [0.1, 0.15) is 11.9 Å². The summed E-state index contributed by atoms with van der Waals surface area (Å²) in [5.74, 6) is -0.991. The highest BCUT2D eigenvalue weighted by atomic mass is 35.5. The first kappa shape index (κ1) is 28.7. The molecule has 0 unspecified atom stereocenters. The smallest absolute Gasteiger partial charge is 0.242 e. The standard InChI is InChI=1S/C29H31ClFN3O4S/c1-20(29(36)32-18-23-4-2-3-5-27(23)30)34(19-22-6-11-24(31)12-7-22)28(35)17-10-21-8-15-26(16-9-21)39(37,38)33-25-13-14-25/h2-9,11-12,15-16,20,25,33H,10,13-14,17-19H2,1H3,(H,32,36)/t20-/m0/s1. The number of hydrogen-bond donors (Lipinski definition) is 2. The fraction of sp³-hybridized carbons (Fsp3) is 0.310. The van der Waals surface area contributed by atoms with Crippen molar-refractivity contribution in [3.8, 4) is 0 Å². The third kappa shape index (κ3) is 8.11. The van der Waals surface area contributed by atoms with Crippen molar-refractivity contribution < 1.29 is 22.4 Å². The van der Waals surface area contributed by atoms with Crippen molar-refractivity contribution in [1.29, 1.82) is 0 Å². The van der Waals surface area contributed by atoms with Crippen molar-refractivity contribution in [3.05, 3.63) is 100 Å². The molecule has 3 aromatic carbocycles. The molecule has 0 heterocycles. The molecule has 0 spiro atoms. The van der Waals surface area contributed by atoms with Gasteiger partial charge in [-0.25, -0.2) is 17.5 Å². The molecule has 1 atom stereocenters. The van der Waals surface area contributed by atoms with Crippen molar-refractivity contribution in [2.24, 2.45) is 0 Å². The molecule has 10 heteroatoms. The fourth-order valence-corrected chi connectivity index (χ4v) is 5.57. The number of rotatable bonds is 12. The lowest BCUT2D eigenvalue weighted by molar-refractivity contribution is -0.140. The van der Waals surface area contributed by atoms with Gasteiger partial charge in [0.25, 0.3) is 0 Å². The molecular weight excluding hydrogens is 541 g/mol. The Labute approximate surface area is 233 Å². The molecule has 0 aromatic heterocycles. The number of benzene rings is 3. The SMILES string of the molecule is C[C@@H](C(=O)NCc1ccccc1Cl)N(Cc1ccc(F)cc1)C(=O)CCc1ccc(S(=O)(=O)NC2CC2)cc1. The van der Waals surface area contributed by atoms with Crippen LogP contribution in [0.15, 0.2) is 77.7 Å². The van der Waals surface area contributed by atoms with Crippen LogP contribution in [0.3, 0.4) is 0 Å². The van der Waals surface area contributed by atoms with E-state index in [1.54, 1.807) is 43.3 Å². The Hall–Kier alpha value is -3.27. The monoisotopic (exact) mass is 571 g/mol. The molecule has 0 bridgehead atoms. The van der Waals surface area contributed by atoms with E-state index < -0.39 is 16.1 Å². The van der Waals surface area contributed by atoms with Crippen molar-refractivity contribution in [2.75, 3.05) is 0 Å². The van der Waals surface area contributed by atoms with Crippen LogP contribution in [-0.2, 0) is 39.1 Å². The number of carbonyl (C=O) groups excluding carboxylic acids is 2. The lowest BCUT2D eigenvalue weighted by Gasteiger charge is -2.29. The Kier molecular flexibility index (Phi) is 9.37. The molecule has 0 radical (unpaired) electrons. The molecule has 4 rings (SSSR count). The van der Waals surface area contributed by atoms with Crippen LogP contribution in [0.1, 0.15) is 42.9 Å². The molecular formula is C29H31ClFN3O4S. The molecule has 1 aliphatic carbocycles. The van der Waals surface area contributed by atoms with E-state index in [-0.39, 0.29) is 48.1 Å². The van der Waals surface area contributed by atoms with Crippen LogP contribution in [0, 0.1) is 5.82 Å². The van der Waals surface area contributed by atoms with Crippen LogP contribution in [0.2, 0.25) is 5.02 Å². The summed E-state index contributed by atoms with van der Waals surface area (Å²) in [7, 11) is -3.55. The maximum absolute atomic E-state index is 13.4. The fourth-order valence-electron chi connectivity index (χ4n) is 4.06. The Morgan fingerprint density at radius 3 is 2.28 bits per heavy atom. The molecule has 39 heavy (non-hydrogen) atoms. The van der Waals surface area contributed by atoms with E-state index in [9.17, 15) is 22.4 Å². The molecule has 0 aliphatic heterocycles. The highest BCUT2D eigenvalue weighted by Gasteiger charge is 2.28. The highest BCUT2D eigenvalue weighted by Crippen LogP contribution is 2.23. The lowest BCUT2D eigenvalue weighted by atomic mass is 10.1. The maximum Gasteiger partial charge on any atom is 0.242 e. The summed E-state index contributed by atoms with van der Waals surface area (Å²) in [6.07, 6.45) is 2.17. The summed E-state index contributed by atoms with van der Waals surface area (Å²) in [5.41, 5.74) is 2.24. The molecule has 2 N–H and O–H groups in total. The zero-order valence-electron chi connectivity index (χ0n) is 21.6. The van der Waals surface area contributed by atoms with E-state index in [0.29, 0.717) is 17.0 Å². The molecule has 0 saturated heterocycles. The third-order valence-corrected chi connectivity index (χ3v) is 8.51. The van der Waals surface area contributed by atoms with Crippen molar-refractivity contribution >= 4 is 33.4 Å². The predicted molar refractivity (Wildman–Crippen MR) is 148 cm³/mol. The Balaban J connectivity index is 1.42. The van der Waals surface area contributed by atoms with E-state index in [1.165, 1.54) is 29.2 Å². The zero-order valence-corrected chi connectivity index (χ0v) is 23.1. The summed E-state index contributed by atoms with van der Waals surface area (Å²) in [5, 5.41) is 3.38. The van der Waals surface area contributed by atoms with Crippen molar-refractivity contribution in [2.45, 2.75) is 62.7 Å². The average molecular weight is 572 g/mol. The van der Waals surface area contributed by atoms with Gasteiger partial charge in [-0.2, -0.15) is 0 Å². The lowest BCUT2D eigenvalue weighted by Crippen LogP contribution is -2.47. The number of halogens is 2.